The van der Waals surface area contributed by atoms with E-state index in [1.807, 2.05) is 0 Å². The number of nitrogens with zero attached hydrogens (tertiary/aromatic N) is 1. The molecule has 5 heteroatoms. The Morgan fingerprint density at radius 3 is 2.58 bits per heavy atom. The number of methoxy groups -OCH3 is 1. The van der Waals surface area contributed by atoms with Crippen molar-refractivity contribution >= 4 is 18.4 Å². The van der Waals surface area contributed by atoms with Crippen molar-refractivity contribution in [2.75, 3.05) is 20.2 Å². The van der Waals surface area contributed by atoms with E-state index in [0.717, 1.165) is 30.9 Å². The first kappa shape index (κ1) is 15.8. The summed E-state index contributed by atoms with van der Waals surface area (Å²) in [6.07, 6.45) is 3.74. The van der Waals surface area contributed by atoms with Gasteiger partial charge < -0.3 is 9.84 Å². The quantitative estimate of drug-likeness (QED) is 0.924. The highest BCUT2D eigenvalue weighted by molar-refractivity contribution is 5.88. The maximum atomic E-state index is 11.0. The molecule has 1 fully saturated rings. The number of carboxylic acids is 1. The van der Waals surface area contributed by atoms with E-state index in [4.69, 9.17) is 9.84 Å². The molecule has 0 radical (unpaired) electrons. The van der Waals surface area contributed by atoms with Gasteiger partial charge in [0.15, 0.2) is 0 Å². The number of carboxylic acid groups (broad SMARTS) is 1. The van der Waals surface area contributed by atoms with E-state index in [9.17, 15) is 4.79 Å². The van der Waals surface area contributed by atoms with Crippen LogP contribution in [0, 0.1) is 0 Å². The van der Waals surface area contributed by atoms with E-state index >= 15 is 0 Å². The highest BCUT2D eigenvalue weighted by atomic mass is 35.5. The van der Waals surface area contributed by atoms with Crippen LogP contribution in [0.5, 0.6) is 5.75 Å². The van der Waals surface area contributed by atoms with Crippen LogP contribution in [0.2, 0.25) is 0 Å². The van der Waals surface area contributed by atoms with E-state index < -0.39 is 5.97 Å². The fourth-order valence-electron chi connectivity index (χ4n) is 2.39. The molecular weight excluding hydrogens is 266 g/mol. The van der Waals surface area contributed by atoms with Crippen LogP contribution in [-0.2, 0) is 6.54 Å². The predicted octanol–water partition coefficient (Wildman–Crippen LogP) is 2.80. The summed E-state index contributed by atoms with van der Waals surface area (Å²) in [5, 5.41) is 9.02. The van der Waals surface area contributed by atoms with Gasteiger partial charge in [-0.05, 0) is 44.1 Å². The molecule has 0 amide bonds. The monoisotopic (exact) mass is 285 g/mol. The van der Waals surface area contributed by atoms with Crippen LogP contribution in [0.25, 0.3) is 0 Å². The molecule has 0 aliphatic carbocycles. The molecule has 106 valence electrons. The van der Waals surface area contributed by atoms with Crippen LogP contribution in [0.1, 0.15) is 35.2 Å². The van der Waals surface area contributed by atoms with Gasteiger partial charge >= 0.3 is 5.97 Å². The van der Waals surface area contributed by atoms with Gasteiger partial charge in [0.2, 0.25) is 0 Å². The molecule has 1 saturated heterocycles. The average Bonchev–Trinajstić information content (AvgIpc) is 2.39. The van der Waals surface area contributed by atoms with Gasteiger partial charge in [-0.15, -0.1) is 12.4 Å². The van der Waals surface area contributed by atoms with Crippen LogP contribution >= 0.6 is 12.4 Å². The number of benzene rings is 1. The fraction of sp³-hybridized carbons (Fsp3) is 0.500. The average molecular weight is 286 g/mol. The van der Waals surface area contributed by atoms with E-state index in [1.54, 1.807) is 25.3 Å². The van der Waals surface area contributed by atoms with Gasteiger partial charge in [0, 0.05) is 12.1 Å². The minimum absolute atomic E-state index is 0. The lowest BCUT2D eigenvalue weighted by molar-refractivity contribution is 0.0696. The van der Waals surface area contributed by atoms with Crippen LogP contribution < -0.4 is 4.74 Å². The van der Waals surface area contributed by atoms with Gasteiger partial charge in [0.05, 0.1) is 12.7 Å². The van der Waals surface area contributed by atoms with E-state index in [2.05, 4.69) is 4.90 Å². The molecule has 4 nitrogen and oxygen atoms in total. The van der Waals surface area contributed by atoms with Gasteiger partial charge in [-0.25, -0.2) is 4.79 Å². The Kier molecular flexibility index (Phi) is 6.12. The highest BCUT2D eigenvalue weighted by Gasteiger charge is 2.14. The van der Waals surface area contributed by atoms with Gasteiger partial charge in [0.25, 0.3) is 0 Å². The van der Waals surface area contributed by atoms with Crippen LogP contribution in [0.3, 0.4) is 0 Å². The zero-order valence-corrected chi connectivity index (χ0v) is 11.9. The second-order valence-electron chi connectivity index (χ2n) is 4.67. The first-order valence-corrected chi connectivity index (χ1v) is 6.33. The van der Waals surface area contributed by atoms with Crippen LogP contribution in [-0.4, -0.2) is 36.2 Å². The normalized spacial score (nSPS) is 15.6. The second kappa shape index (κ2) is 7.36. The Bertz CT molecular complexity index is 431. The second-order valence-corrected chi connectivity index (χ2v) is 4.67. The zero-order chi connectivity index (χ0) is 13.0. The molecule has 1 heterocycles. The zero-order valence-electron chi connectivity index (χ0n) is 11.1. The third kappa shape index (κ3) is 4.11. The Labute approximate surface area is 119 Å². The van der Waals surface area contributed by atoms with E-state index in [0.29, 0.717) is 5.56 Å². The van der Waals surface area contributed by atoms with Gasteiger partial charge in [-0.3, -0.25) is 4.90 Å². The summed E-state index contributed by atoms with van der Waals surface area (Å²) < 4.78 is 5.30. The Morgan fingerprint density at radius 2 is 2.00 bits per heavy atom. The summed E-state index contributed by atoms with van der Waals surface area (Å²) in [7, 11) is 1.62. The van der Waals surface area contributed by atoms with Crippen molar-refractivity contribution in [3.8, 4) is 5.75 Å². The number of hydrogen-bond acceptors (Lipinski definition) is 3. The first-order valence-electron chi connectivity index (χ1n) is 6.33. The minimum atomic E-state index is -0.891. The fourth-order valence-corrected chi connectivity index (χ4v) is 2.39. The van der Waals surface area contributed by atoms with E-state index in [-0.39, 0.29) is 12.4 Å². The topological polar surface area (TPSA) is 49.8 Å². The molecule has 1 aliphatic rings. The molecule has 0 unspecified atom stereocenters. The molecule has 19 heavy (non-hydrogen) atoms. The SMILES string of the molecule is COc1ccc(C(=O)O)cc1CN1CCCCC1.Cl. The van der Waals surface area contributed by atoms with Crippen molar-refractivity contribution in [2.24, 2.45) is 0 Å². The molecule has 0 atom stereocenters. The minimum Gasteiger partial charge on any atom is -0.496 e. The Morgan fingerprint density at radius 1 is 1.32 bits per heavy atom. The highest BCUT2D eigenvalue weighted by Crippen LogP contribution is 2.23. The summed E-state index contributed by atoms with van der Waals surface area (Å²) in [5.74, 6) is -0.122. The number of halogens is 1. The first-order chi connectivity index (χ1) is 8.70. The Balaban J connectivity index is 0.00000180. The Hall–Kier alpha value is -1.26. The number of rotatable bonds is 4. The van der Waals surface area contributed by atoms with Gasteiger partial charge in [-0.1, -0.05) is 6.42 Å². The largest absolute Gasteiger partial charge is 0.496 e. The summed E-state index contributed by atoms with van der Waals surface area (Å²) in [6.45, 7) is 2.94. The lowest BCUT2D eigenvalue weighted by atomic mass is 10.1. The molecule has 1 aromatic carbocycles. The number of aromatic carboxylic acids is 1. The summed E-state index contributed by atoms with van der Waals surface area (Å²) in [4.78, 5) is 13.3. The molecule has 0 aromatic heterocycles. The summed E-state index contributed by atoms with van der Waals surface area (Å²) in [5.41, 5.74) is 1.28. The molecule has 1 aliphatic heterocycles. The third-order valence-electron chi connectivity index (χ3n) is 3.37. The summed E-state index contributed by atoms with van der Waals surface area (Å²) in [6, 6.07) is 5.04. The number of carbonyl (C=O) groups is 1. The number of hydrogen-bond donors (Lipinski definition) is 1. The van der Waals surface area contributed by atoms with Gasteiger partial charge in [0.1, 0.15) is 5.75 Å². The van der Waals surface area contributed by atoms with Crippen molar-refractivity contribution < 1.29 is 14.6 Å². The molecule has 0 spiro atoms. The molecule has 0 bridgehead atoms. The standard InChI is InChI=1S/C14H19NO3.ClH/c1-18-13-6-5-11(14(16)17)9-12(13)10-15-7-3-2-4-8-15;/h5-6,9H,2-4,7-8,10H2,1H3,(H,16,17);1H. The van der Waals surface area contributed by atoms with Crippen molar-refractivity contribution in [2.45, 2.75) is 25.8 Å². The van der Waals surface area contributed by atoms with Crippen LogP contribution in [0.15, 0.2) is 18.2 Å². The van der Waals surface area contributed by atoms with Gasteiger partial charge in [-0.2, -0.15) is 0 Å². The molecule has 2 rings (SSSR count). The lowest BCUT2D eigenvalue weighted by Gasteiger charge is -2.27. The van der Waals surface area contributed by atoms with Crippen molar-refractivity contribution in [3.63, 3.8) is 0 Å². The molecule has 1 aromatic rings. The smallest absolute Gasteiger partial charge is 0.335 e. The number of piperidine rings is 1. The van der Waals surface area contributed by atoms with Crippen LogP contribution in [0.4, 0.5) is 0 Å². The summed E-state index contributed by atoms with van der Waals surface area (Å²) >= 11 is 0. The lowest BCUT2D eigenvalue weighted by Crippen LogP contribution is -2.29. The van der Waals surface area contributed by atoms with E-state index in [1.165, 1.54) is 19.3 Å². The molecular formula is C14H20ClNO3. The van der Waals surface area contributed by atoms with Crippen molar-refractivity contribution in [1.82, 2.24) is 4.90 Å². The molecule has 1 N–H and O–H groups in total. The predicted molar refractivity (Wildman–Crippen MR) is 76.3 cm³/mol. The maximum Gasteiger partial charge on any atom is 0.335 e. The number of likely N-dealkylation sites (tertiary alicyclic amines) is 1. The number of ether oxygens (including phenoxy) is 1. The molecule has 0 saturated carbocycles. The maximum absolute atomic E-state index is 11.0. The van der Waals surface area contributed by atoms with Crippen molar-refractivity contribution in [3.05, 3.63) is 29.3 Å². The van der Waals surface area contributed by atoms with Crippen molar-refractivity contribution in [1.29, 1.82) is 0 Å². The third-order valence-corrected chi connectivity index (χ3v) is 3.37.